The van der Waals surface area contributed by atoms with E-state index in [0.717, 1.165) is 49.1 Å². The maximum atomic E-state index is 5.40. The molecule has 1 aromatic carbocycles. The van der Waals surface area contributed by atoms with Crippen LogP contribution in [0.5, 0.6) is 11.5 Å². The van der Waals surface area contributed by atoms with Gasteiger partial charge in [-0.05, 0) is 24.7 Å². The highest BCUT2D eigenvalue weighted by Crippen LogP contribution is 2.32. The van der Waals surface area contributed by atoms with E-state index in [4.69, 9.17) is 9.47 Å². The van der Waals surface area contributed by atoms with Gasteiger partial charge < -0.3 is 24.6 Å². The predicted octanol–water partition coefficient (Wildman–Crippen LogP) is 0.964. The lowest BCUT2D eigenvalue weighted by molar-refractivity contribution is 0.174. The minimum Gasteiger partial charge on any atom is -0.454 e. The Hall–Kier alpha value is -2.61. The summed E-state index contributed by atoms with van der Waals surface area (Å²) in [4.78, 5) is 9.04. The van der Waals surface area contributed by atoms with Crippen LogP contribution >= 0.6 is 0 Å². The molecule has 2 aliphatic rings. The molecule has 0 amide bonds. The fraction of sp³-hybridized carbons (Fsp3) is 0.438. The van der Waals surface area contributed by atoms with Crippen LogP contribution in [0, 0.1) is 0 Å². The van der Waals surface area contributed by atoms with E-state index in [9.17, 15) is 0 Å². The third-order valence-corrected chi connectivity index (χ3v) is 4.24. The molecule has 24 heavy (non-hydrogen) atoms. The zero-order chi connectivity index (χ0) is 16.4. The molecule has 1 fully saturated rings. The summed E-state index contributed by atoms with van der Waals surface area (Å²) in [5, 5.41) is 11.5. The van der Waals surface area contributed by atoms with Crippen LogP contribution in [-0.4, -0.2) is 60.1 Å². The summed E-state index contributed by atoms with van der Waals surface area (Å²) in [7, 11) is 2.12. The number of nitrogens with zero attached hydrogens (tertiary/aromatic N) is 5. The quantitative estimate of drug-likeness (QED) is 0.890. The SMILES string of the molecule is CN1CCN(c2nncc(NCc3ccc4c(c3)OCO4)n2)CC1. The van der Waals surface area contributed by atoms with Crippen molar-refractivity contribution in [1.82, 2.24) is 20.1 Å². The Balaban J connectivity index is 1.41. The third-order valence-electron chi connectivity index (χ3n) is 4.24. The zero-order valence-corrected chi connectivity index (χ0v) is 13.6. The van der Waals surface area contributed by atoms with Crippen LogP contribution in [-0.2, 0) is 6.54 Å². The van der Waals surface area contributed by atoms with Crippen LogP contribution < -0.4 is 19.7 Å². The van der Waals surface area contributed by atoms with Gasteiger partial charge in [0.15, 0.2) is 17.3 Å². The Morgan fingerprint density at radius 2 is 1.96 bits per heavy atom. The molecule has 0 radical (unpaired) electrons. The Bertz CT molecular complexity index is 717. The fourth-order valence-electron chi connectivity index (χ4n) is 2.76. The van der Waals surface area contributed by atoms with Crippen molar-refractivity contribution in [3.05, 3.63) is 30.0 Å². The van der Waals surface area contributed by atoms with Gasteiger partial charge in [0, 0.05) is 32.7 Å². The number of ether oxygens (including phenoxy) is 2. The molecule has 0 unspecified atom stereocenters. The van der Waals surface area contributed by atoms with Gasteiger partial charge in [-0.1, -0.05) is 6.07 Å². The van der Waals surface area contributed by atoms with E-state index in [2.05, 4.69) is 37.3 Å². The largest absolute Gasteiger partial charge is 0.454 e. The number of rotatable bonds is 4. The van der Waals surface area contributed by atoms with Gasteiger partial charge in [-0.3, -0.25) is 0 Å². The first-order valence-electron chi connectivity index (χ1n) is 8.03. The van der Waals surface area contributed by atoms with E-state index in [0.29, 0.717) is 12.5 Å². The van der Waals surface area contributed by atoms with Crippen LogP contribution in [0.15, 0.2) is 24.4 Å². The third kappa shape index (κ3) is 3.18. The molecule has 8 nitrogen and oxygen atoms in total. The van der Waals surface area contributed by atoms with Gasteiger partial charge in [0.2, 0.25) is 12.7 Å². The van der Waals surface area contributed by atoms with Gasteiger partial charge in [-0.15, -0.1) is 5.10 Å². The lowest BCUT2D eigenvalue weighted by Crippen LogP contribution is -2.45. The molecule has 1 N–H and O–H groups in total. The monoisotopic (exact) mass is 328 g/mol. The molecule has 2 aromatic rings. The standard InChI is InChI=1S/C16H20N6O2/c1-21-4-6-22(7-5-21)16-19-15(10-18-20-16)17-9-12-2-3-13-14(8-12)24-11-23-13/h2-3,8,10H,4-7,9,11H2,1H3,(H,17,19,20). The highest BCUT2D eigenvalue weighted by atomic mass is 16.7. The van der Waals surface area contributed by atoms with E-state index in [-0.39, 0.29) is 6.79 Å². The smallest absolute Gasteiger partial charge is 0.247 e. The molecular formula is C16H20N6O2. The van der Waals surface area contributed by atoms with Crippen LogP contribution in [0.25, 0.3) is 0 Å². The first kappa shape index (κ1) is 14.9. The average molecular weight is 328 g/mol. The highest BCUT2D eigenvalue weighted by molar-refractivity contribution is 5.46. The van der Waals surface area contributed by atoms with E-state index in [1.54, 1.807) is 6.20 Å². The number of likely N-dealkylation sites (N-methyl/N-ethyl adjacent to an activating group) is 1. The molecule has 0 saturated carbocycles. The second-order valence-corrected chi connectivity index (χ2v) is 5.97. The number of benzene rings is 1. The van der Waals surface area contributed by atoms with E-state index < -0.39 is 0 Å². The molecule has 126 valence electrons. The number of piperazine rings is 1. The lowest BCUT2D eigenvalue weighted by atomic mass is 10.2. The van der Waals surface area contributed by atoms with Crippen molar-refractivity contribution in [2.75, 3.05) is 50.2 Å². The minimum atomic E-state index is 0.288. The molecule has 0 atom stereocenters. The van der Waals surface area contributed by atoms with Crippen molar-refractivity contribution in [3.8, 4) is 11.5 Å². The Labute approximate surface area is 140 Å². The number of hydrogen-bond donors (Lipinski definition) is 1. The minimum absolute atomic E-state index is 0.288. The van der Waals surface area contributed by atoms with Crippen LogP contribution in [0.3, 0.4) is 0 Å². The van der Waals surface area contributed by atoms with E-state index in [1.165, 1.54) is 0 Å². The second-order valence-electron chi connectivity index (χ2n) is 5.97. The van der Waals surface area contributed by atoms with Gasteiger partial charge in [0.05, 0.1) is 6.20 Å². The summed E-state index contributed by atoms with van der Waals surface area (Å²) in [6.07, 6.45) is 1.65. The highest BCUT2D eigenvalue weighted by Gasteiger charge is 2.17. The average Bonchev–Trinajstić information content (AvgIpc) is 3.08. The molecule has 1 saturated heterocycles. The van der Waals surface area contributed by atoms with Crippen molar-refractivity contribution in [2.24, 2.45) is 0 Å². The molecule has 4 rings (SSSR count). The Morgan fingerprint density at radius 3 is 2.83 bits per heavy atom. The topological polar surface area (TPSA) is 75.6 Å². The number of hydrogen-bond acceptors (Lipinski definition) is 8. The van der Waals surface area contributed by atoms with Crippen molar-refractivity contribution < 1.29 is 9.47 Å². The van der Waals surface area contributed by atoms with Crippen molar-refractivity contribution in [2.45, 2.75) is 6.54 Å². The lowest BCUT2D eigenvalue weighted by Gasteiger charge is -2.32. The van der Waals surface area contributed by atoms with Gasteiger partial charge in [0.1, 0.15) is 0 Å². The van der Waals surface area contributed by atoms with Crippen molar-refractivity contribution in [3.63, 3.8) is 0 Å². The van der Waals surface area contributed by atoms with Crippen LogP contribution in [0.1, 0.15) is 5.56 Å². The Morgan fingerprint density at radius 1 is 1.12 bits per heavy atom. The summed E-state index contributed by atoms with van der Waals surface area (Å²) >= 11 is 0. The first-order valence-corrected chi connectivity index (χ1v) is 8.03. The molecule has 0 spiro atoms. The predicted molar refractivity (Wildman–Crippen MR) is 89.4 cm³/mol. The van der Waals surface area contributed by atoms with Gasteiger partial charge in [-0.25, -0.2) is 0 Å². The summed E-state index contributed by atoms with van der Waals surface area (Å²) in [5.41, 5.74) is 1.10. The van der Waals surface area contributed by atoms with Gasteiger partial charge in [-0.2, -0.15) is 10.1 Å². The molecule has 2 aliphatic heterocycles. The zero-order valence-electron chi connectivity index (χ0n) is 13.6. The molecule has 0 aliphatic carbocycles. The molecule has 1 aromatic heterocycles. The van der Waals surface area contributed by atoms with Crippen molar-refractivity contribution >= 4 is 11.8 Å². The van der Waals surface area contributed by atoms with E-state index >= 15 is 0 Å². The van der Waals surface area contributed by atoms with Crippen LogP contribution in [0.4, 0.5) is 11.8 Å². The summed E-state index contributed by atoms with van der Waals surface area (Å²) < 4.78 is 10.7. The first-order chi connectivity index (χ1) is 11.8. The maximum absolute atomic E-state index is 5.40. The molecular weight excluding hydrogens is 308 g/mol. The molecule has 3 heterocycles. The molecule has 0 bridgehead atoms. The second kappa shape index (κ2) is 6.48. The fourth-order valence-corrected chi connectivity index (χ4v) is 2.76. The van der Waals surface area contributed by atoms with Gasteiger partial charge >= 0.3 is 0 Å². The Kier molecular flexibility index (Phi) is 4.04. The van der Waals surface area contributed by atoms with Gasteiger partial charge in [0.25, 0.3) is 0 Å². The maximum Gasteiger partial charge on any atom is 0.247 e. The van der Waals surface area contributed by atoms with Crippen molar-refractivity contribution in [1.29, 1.82) is 0 Å². The normalized spacial score (nSPS) is 17.1. The number of fused-ring (bicyclic) bond motifs is 1. The number of anilines is 2. The van der Waals surface area contributed by atoms with E-state index in [1.807, 2.05) is 18.2 Å². The summed E-state index contributed by atoms with van der Waals surface area (Å²) in [6, 6.07) is 5.91. The van der Waals surface area contributed by atoms with Crippen LogP contribution in [0.2, 0.25) is 0 Å². The summed E-state index contributed by atoms with van der Waals surface area (Å²) in [5.74, 6) is 2.98. The number of nitrogens with one attached hydrogen (secondary N) is 1. The molecule has 8 heteroatoms. The number of aromatic nitrogens is 3. The summed E-state index contributed by atoms with van der Waals surface area (Å²) in [6.45, 7) is 4.79.